The van der Waals surface area contributed by atoms with E-state index < -0.39 is 6.04 Å². The van der Waals surface area contributed by atoms with E-state index in [1.807, 2.05) is 62.4 Å². The fourth-order valence-electron chi connectivity index (χ4n) is 3.14. The minimum absolute atomic E-state index is 0.0746. The molecule has 2 rings (SSSR count). The SMILES string of the molecule is CCCNC(=O)[C@H](C)N(Cc1cccc(OC)c1)C(=O)CCCOc1ccc(C)cc1. The van der Waals surface area contributed by atoms with Crippen LogP contribution in [0.4, 0.5) is 0 Å². The molecular weight excluding hydrogens is 392 g/mol. The van der Waals surface area contributed by atoms with Gasteiger partial charge in [0.2, 0.25) is 11.8 Å². The molecule has 2 amide bonds. The van der Waals surface area contributed by atoms with Crippen LogP contribution in [0.2, 0.25) is 0 Å². The molecule has 1 N–H and O–H groups in total. The highest BCUT2D eigenvalue weighted by Crippen LogP contribution is 2.17. The molecule has 0 fully saturated rings. The zero-order chi connectivity index (χ0) is 22.6. The third-order valence-electron chi connectivity index (χ3n) is 5.03. The van der Waals surface area contributed by atoms with Gasteiger partial charge in [-0.05, 0) is 56.5 Å². The Bertz CT molecular complexity index is 836. The number of nitrogens with one attached hydrogen (secondary N) is 1. The molecule has 31 heavy (non-hydrogen) atoms. The second-order valence-corrected chi connectivity index (χ2v) is 7.61. The minimum atomic E-state index is -0.566. The van der Waals surface area contributed by atoms with E-state index in [0.29, 0.717) is 32.5 Å². The van der Waals surface area contributed by atoms with Crippen LogP contribution in [0.5, 0.6) is 11.5 Å². The van der Waals surface area contributed by atoms with Crippen LogP contribution in [0.15, 0.2) is 48.5 Å². The van der Waals surface area contributed by atoms with E-state index in [0.717, 1.165) is 23.5 Å². The van der Waals surface area contributed by atoms with Gasteiger partial charge < -0.3 is 19.7 Å². The van der Waals surface area contributed by atoms with Gasteiger partial charge in [0.15, 0.2) is 0 Å². The highest BCUT2D eigenvalue weighted by Gasteiger charge is 2.25. The Kier molecular flexibility index (Phi) is 9.88. The summed E-state index contributed by atoms with van der Waals surface area (Å²) < 4.78 is 11.0. The molecule has 6 nitrogen and oxygen atoms in total. The number of amides is 2. The summed E-state index contributed by atoms with van der Waals surface area (Å²) in [7, 11) is 1.61. The molecule has 2 aromatic carbocycles. The van der Waals surface area contributed by atoms with Crippen LogP contribution in [0.1, 0.15) is 44.2 Å². The lowest BCUT2D eigenvalue weighted by molar-refractivity contribution is -0.140. The van der Waals surface area contributed by atoms with Gasteiger partial charge in [0, 0.05) is 19.5 Å². The summed E-state index contributed by atoms with van der Waals surface area (Å²) in [5, 5.41) is 2.89. The van der Waals surface area contributed by atoms with E-state index in [4.69, 9.17) is 9.47 Å². The van der Waals surface area contributed by atoms with Crippen molar-refractivity contribution in [1.82, 2.24) is 10.2 Å². The number of carbonyl (C=O) groups is 2. The average Bonchev–Trinajstić information content (AvgIpc) is 2.79. The fourth-order valence-corrected chi connectivity index (χ4v) is 3.14. The Balaban J connectivity index is 2.00. The van der Waals surface area contributed by atoms with Gasteiger partial charge in [-0.2, -0.15) is 0 Å². The fraction of sp³-hybridized carbons (Fsp3) is 0.440. The van der Waals surface area contributed by atoms with Crippen molar-refractivity contribution in [2.24, 2.45) is 0 Å². The first-order valence-electron chi connectivity index (χ1n) is 10.8. The Morgan fingerprint density at radius 1 is 1.10 bits per heavy atom. The summed E-state index contributed by atoms with van der Waals surface area (Å²) in [4.78, 5) is 27.2. The van der Waals surface area contributed by atoms with E-state index in [1.54, 1.807) is 18.9 Å². The van der Waals surface area contributed by atoms with Gasteiger partial charge >= 0.3 is 0 Å². The largest absolute Gasteiger partial charge is 0.497 e. The van der Waals surface area contributed by atoms with Gasteiger partial charge in [0.1, 0.15) is 17.5 Å². The van der Waals surface area contributed by atoms with Crippen molar-refractivity contribution in [2.75, 3.05) is 20.3 Å². The van der Waals surface area contributed by atoms with E-state index in [2.05, 4.69) is 5.32 Å². The topological polar surface area (TPSA) is 67.9 Å². The van der Waals surface area contributed by atoms with Crippen molar-refractivity contribution in [3.63, 3.8) is 0 Å². The van der Waals surface area contributed by atoms with E-state index >= 15 is 0 Å². The summed E-state index contributed by atoms with van der Waals surface area (Å²) in [5.41, 5.74) is 2.09. The summed E-state index contributed by atoms with van der Waals surface area (Å²) >= 11 is 0. The molecule has 0 unspecified atom stereocenters. The van der Waals surface area contributed by atoms with Gasteiger partial charge in [-0.15, -0.1) is 0 Å². The molecule has 0 spiro atoms. The maximum absolute atomic E-state index is 13.0. The molecule has 0 aliphatic heterocycles. The van der Waals surface area contributed by atoms with Gasteiger partial charge in [0.05, 0.1) is 13.7 Å². The van der Waals surface area contributed by atoms with Crippen molar-refractivity contribution in [3.05, 3.63) is 59.7 Å². The third kappa shape index (κ3) is 7.96. The smallest absolute Gasteiger partial charge is 0.242 e. The highest BCUT2D eigenvalue weighted by atomic mass is 16.5. The number of aryl methyl sites for hydroxylation is 1. The second kappa shape index (κ2) is 12.6. The average molecular weight is 427 g/mol. The van der Waals surface area contributed by atoms with Gasteiger partial charge in [-0.3, -0.25) is 9.59 Å². The molecule has 168 valence electrons. The highest BCUT2D eigenvalue weighted by molar-refractivity contribution is 5.87. The maximum atomic E-state index is 13.0. The van der Waals surface area contributed by atoms with Crippen molar-refractivity contribution in [3.8, 4) is 11.5 Å². The quantitative estimate of drug-likeness (QED) is 0.519. The van der Waals surface area contributed by atoms with Crippen LogP contribution in [0.25, 0.3) is 0 Å². The zero-order valence-electron chi connectivity index (χ0n) is 19.0. The number of benzene rings is 2. The first-order valence-corrected chi connectivity index (χ1v) is 10.8. The van der Waals surface area contributed by atoms with Crippen molar-refractivity contribution in [2.45, 2.75) is 52.6 Å². The third-order valence-corrected chi connectivity index (χ3v) is 5.03. The molecular formula is C25H34N2O4. The minimum Gasteiger partial charge on any atom is -0.497 e. The molecule has 0 saturated carbocycles. The number of rotatable bonds is 12. The second-order valence-electron chi connectivity index (χ2n) is 7.61. The van der Waals surface area contributed by atoms with Crippen LogP contribution in [-0.2, 0) is 16.1 Å². The van der Waals surface area contributed by atoms with Crippen molar-refractivity contribution >= 4 is 11.8 Å². The molecule has 0 heterocycles. The lowest BCUT2D eigenvalue weighted by atomic mass is 10.1. The van der Waals surface area contributed by atoms with E-state index in [-0.39, 0.29) is 11.8 Å². The Labute approximate surface area is 185 Å². The Morgan fingerprint density at radius 3 is 2.52 bits per heavy atom. The molecule has 0 radical (unpaired) electrons. The first kappa shape index (κ1) is 24.3. The molecule has 0 aliphatic rings. The van der Waals surface area contributed by atoms with Gasteiger partial charge in [0.25, 0.3) is 0 Å². The van der Waals surface area contributed by atoms with Crippen LogP contribution in [0.3, 0.4) is 0 Å². The molecule has 2 aromatic rings. The molecule has 0 saturated heterocycles. The predicted octanol–water partition coefficient (Wildman–Crippen LogP) is 4.11. The summed E-state index contributed by atoms with van der Waals surface area (Å²) in [6, 6.07) is 14.8. The molecule has 0 aromatic heterocycles. The van der Waals surface area contributed by atoms with Crippen LogP contribution >= 0.6 is 0 Å². The lowest BCUT2D eigenvalue weighted by Crippen LogP contribution is -2.47. The number of hydrogen-bond donors (Lipinski definition) is 1. The van der Waals surface area contributed by atoms with Gasteiger partial charge in [-0.1, -0.05) is 36.8 Å². The summed E-state index contributed by atoms with van der Waals surface area (Å²) in [6.07, 6.45) is 1.73. The normalized spacial score (nSPS) is 11.5. The predicted molar refractivity (Wildman–Crippen MR) is 122 cm³/mol. The summed E-state index contributed by atoms with van der Waals surface area (Å²) in [5.74, 6) is 1.29. The summed E-state index contributed by atoms with van der Waals surface area (Å²) in [6.45, 7) is 7.17. The van der Waals surface area contributed by atoms with Crippen molar-refractivity contribution in [1.29, 1.82) is 0 Å². The van der Waals surface area contributed by atoms with E-state index in [1.165, 1.54) is 5.56 Å². The van der Waals surface area contributed by atoms with Crippen molar-refractivity contribution < 1.29 is 19.1 Å². The first-order chi connectivity index (χ1) is 14.9. The van der Waals surface area contributed by atoms with Crippen LogP contribution in [-0.4, -0.2) is 43.0 Å². The van der Waals surface area contributed by atoms with Crippen LogP contribution in [0, 0.1) is 6.92 Å². The van der Waals surface area contributed by atoms with E-state index in [9.17, 15) is 9.59 Å². The number of nitrogens with zero attached hydrogens (tertiary/aromatic N) is 1. The zero-order valence-corrected chi connectivity index (χ0v) is 19.0. The maximum Gasteiger partial charge on any atom is 0.242 e. The molecule has 0 aliphatic carbocycles. The molecule has 6 heteroatoms. The number of carbonyl (C=O) groups excluding carboxylic acids is 2. The van der Waals surface area contributed by atoms with Crippen LogP contribution < -0.4 is 14.8 Å². The Hall–Kier alpha value is -3.02. The monoisotopic (exact) mass is 426 g/mol. The number of ether oxygens (including phenoxy) is 2. The standard InChI is InChI=1S/C25H34N2O4/c1-5-15-26-25(29)20(3)27(18-21-8-6-9-23(17-21)30-4)24(28)10-7-16-31-22-13-11-19(2)12-14-22/h6,8-9,11-14,17,20H,5,7,10,15-16,18H2,1-4H3,(H,26,29)/t20-/m0/s1. The number of methoxy groups -OCH3 is 1. The Morgan fingerprint density at radius 2 is 1.84 bits per heavy atom. The molecule has 1 atom stereocenters. The number of hydrogen-bond acceptors (Lipinski definition) is 4. The van der Waals surface area contributed by atoms with Gasteiger partial charge in [-0.25, -0.2) is 0 Å². The lowest BCUT2D eigenvalue weighted by Gasteiger charge is -2.29. The molecule has 0 bridgehead atoms.